The predicted molar refractivity (Wildman–Crippen MR) is 135 cm³/mol. The fourth-order valence-corrected chi connectivity index (χ4v) is 4.05. The number of amides is 2. The lowest BCUT2D eigenvalue weighted by molar-refractivity contribution is -0.117. The van der Waals surface area contributed by atoms with Crippen LogP contribution in [0.25, 0.3) is 0 Å². The van der Waals surface area contributed by atoms with Crippen LogP contribution in [0.5, 0.6) is 5.75 Å². The maximum atomic E-state index is 13.2. The van der Waals surface area contributed by atoms with Crippen LogP contribution in [0.2, 0.25) is 0 Å². The zero-order chi connectivity index (χ0) is 24.5. The van der Waals surface area contributed by atoms with Crippen LogP contribution in [0.1, 0.15) is 35.4 Å². The minimum Gasteiger partial charge on any atom is -0.490 e. The summed E-state index contributed by atoms with van der Waals surface area (Å²) in [5, 5.41) is 2.96. The monoisotopic (exact) mass is 473 g/mol. The van der Waals surface area contributed by atoms with E-state index < -0.39 is 0 Å². The van der Waals surface area contributed by atoms with Crippen molar-refractivity contribution in [3.05, 3.63) is 89.6 Å². The fourth-order valence-electron chi connectivity index (χ4n) is 4.05. The van der Waals surface area contributed by atoms with Crippen molar-refractivity contribution >= 4 is 17.8 Å². The van der Waals surface area contributed by atoms with E-state index in [0.717, 1.165) is 24.8 Å². The summed E-state index contributed by atoms with van der Waals surface area (Å²) in [4.78, 5) is 30.6. The molecule has 7 nitrogen and oxygen atoms in total. The first-order chi connectivity index (χ1) is 17.1. The Hall–Kier alpha value is -3.87. The summed E-state index contributed by atoms with van der Waals surface area (Å²) in [7, 11) is 0. The molecule has 2 amide bonds. The molecule has 1 fully saturated rings. The van der Waals surface area contributed by atoms with Gasteiger partial charge in [-0.3, -0.25) is 4.79 Å². The summed E-state index contributed by atoms with van der Waals surface area (Å²) in [5.74, 6) is 0.714. The van der Waals surface area contributed by atoms with Crippen molar-refractivity contribution in [2.24, 2.45) is 0 Å². The third-order valence-corrected chi connectivity index (χ3v) is 6.06. The predicted octanol–water partition coefficient (Wildman–Crippen LogP) is 4.97. The summed E-state index contributed by atoms with van der Waals surface area (Å²) < 4.78 is 10.6. The molecule has 4 rings (SSSR count). The van der Waals surface area contributed by atoms with Crippen molar-refractivity contribution in [3.8, 4) is 5.75 Å². The van der Waals surface area contributed by atoms with Gasteiger partial charge in [-0.05, 0) is 49.4 Å². The van der Waals surface area contributed by atoms with Crippen LogP contribution in [0.15, 0.2) is 72.9 Å². The van der Waals surface area contributed by atoms with Gasteiger partial charge in [-0.1, -0.05) is 60.2 Å². The minimum absolute atomic E-state index is 0.0752. The molecule has 0 bridgehead atoms. The highest BCUT2D eigenvalue weighted by Gasteiger charge is 2.22. The Morgan fingerprint density at radius 3 is 2.60 bits per heavy atom. The third kappa shape index (κ3) is 7.06. The van der Waals surface area contributed by atoms with Crippen molar-refractivity contribution in [3.63, 3.8) is 0 Å². The van der Waals surface area contributed by atoms with Crippen LogP contribution in [0.3, 0.4) is 0 Å². The highest BCUT2D eigenvalue weighted by Crippen LogP contribution is 2.25. The molecule has 1 N–H and O–H groups in total. The standard InChI is InChI=1S/C28H31N3O4/c1-21-10-12-22(13-11-21)6-5-9-25(23-7-3-2-4-8-23)27(32)30-26-15-14-24(20-29-26)34-18-16-31-17-19-35-28(31)33/h2-4,7-8,10-15,20,25H,5-6,9,16-19H2,1H3,(H,29,30,32)/t25-/m0/s1. The Morgan fingerprint density at radius 2 is 1.91 bits per heavy atom. The number of aryl methyl sites for hydroxylation is 2. The summed E-state index contributed by atoms with van der Waals surface area (Å²) >= 11 is 0. The molecule has 1 aromatic heterocycles. The Morgan fingerprint density at radius 1 is 1.11 bits per heavy atom. The minimum atomic E-state index is -0.309. The number of pyridine rings is 1. The number of hydrogen-bond acceptors (Lipinski definition) is 5. The highest BCUT2D eigenvalue weighted by atomic mass is 16.6. The van der Waals surface area contributed by atoms with E-state index in [0.29, 0.717) is 37.9 Å². The molecule has 0 saturated carbocycles. The topological polar surface area (TPSA) is 80.8 Å². The average Bonchev–Trinajstić information content (AvgIpc) is 3.29. The number of aromatic nitrogens is 1. The molecule has 7 heteroatoms. The molecule has 182 valence electrons. The molecule has 1 saturated heterocycles. The van der Waals surface area contributed by atoms with E-state index in [-0.39, 0.29) is 17.9 Å². The number of ether oxygens (including phenoxy) is 2. The lowest BCUT2D eigenvalue weighted by Crippen LogP contribution is -2.29. The zero-order valence-corrected chi connectivity index (χ0v) is 20.0. The van der Waals surface area contributed by atoms with Gasteiger partial charge in [0.2, 0.25) is 5.91 Å². The molecule has 0 spiro atoms. The maximum absolute atomic E-state index is 13.2. The Kier molecular flexibility index (Phi) is 8.33. The number of benzene rings is 2. The molecule has 3 aromatic rings. The van der Waals surface area contributed by atoms with Gasteiger partial charge < -0.3 is 19.7 Å². The molecule has 1 aliphatic heterocycles. The van der Waals surface area contributed by atoms with Gasteiger partial charge in [0, 0.05) is 0 Å². The highest BCUT2D eigenvalue weighted by molar-refractivity contribution is 5.95. The van der Waals surface area contributed by atoms with E-state index in [1.807, 2.05) is 30.3 Å². The second-order valence-electron chi connectivity index (χ2n) is 8.66. The number of nitrogens with zero attached hydrogens (tertiary/aromatic N) is 2. The first-order valence-electron chi connectivity index (χ1n) is 12.0. The Bertz CT molecular complexity index is 1100. The number of rotatable bonds is 11. The molecule has 0 unspecified atom stereocenters. The number of carbonyl (C=O) groups excluding carboxylic acids is 2. The van der Waals surface area contributed by atoms with Crippen LogP contribution in [0.4, 0.5) is 10.6 Å². The van der Waals surface area contributed by atoms with Crippen molar-refractivity contribution in [1.29, 1.82) is 0 Å². The lowest BCUT2D eigenvalue weighted by Gasteiger charge is -2.17. The number of anilines is 1. The van der Waals surface area contributed by atoms with E-state index in [1.165, 1.54) is 11.1 Å². The Labute approximate surface area is 206 Å². The van der Waals surface area contributed by atoms with Crippen molar-refractivity contribution in [2.75, 3.05) is 31.6 Å². The number of nitrogens with one attached hydrogen (secondary N) is 1. The largest absolute Gasteiger partial charge is 0.490 e. The number of cyclic esters (lactones) is 1. The van der Waals surface area contributed by atoms with E-state index in [2.05, 4.69) is 41.5 Å². The normalized spacial score (nSPS) is 13.9. The number of carbonyl (C=O) groups is 2. The van der Waals surface area contributed by atoms with Crippen molar-refractivity contribution < 1.29 is 19.1 Å². The van der Waals surface area contributed by atoms with Crippen molar-refractivity contribution in [1.82, 2.24) is 9.88 Å². The van der Waals surface area contributed by atoms with Crippen LogP contribution in [-0.2, 0) is 16.0 Å². The SMILES string of the molecule is Cc1ccc(CCC[C@H](C(=O)Nc2ccc(OCCN3CCOC3=O)cn2)c2ccccc2)cc1. The van der Waals surface area contributed by atoms with Gasteiger partial charge in [-0.15, -0.1) is 0 Å². The second-order valence-corrected chi connectivity index (χ2v) is 8.66. The fraction of sp³-hybridized carbons (Fsp3) is 0.321. The van der Waals surface area contributed by atoms with Gasteiger partial charge in [-0.2, -0.15) is 0 Å². The lowest BCUT2D eigenvalue weighted by atomic mass is 9.91. The summed E-state index contributed by atoms with van der Waals surface area (Å²) in [6, 6.07) is 21.9. The van der Waals surface area contributed by atoms with Crippen LogP contribution >= 0.6 is 0 Å². The van der Waals surface area contributed by atoms with E-state index in [9.17, 15) is 9.59 Å². The molecule has 2 aromatic carbocycles. The molecule has 0 aliphatic carbocycles. The van der Waals surface area contributed by atoms with Gasteiger partial charge in [0.1, 0.15) is 24.8 Å². The quantitative estimate of drug-likeness (QED) is 0.425. The van der Waals surface area contributed by atoms with Gasteiger partial charge in [-0.25, -0.2) is 9.78 Å². The number of hydrogen-bond donors (Lipinski definition) is 1. The van der Waals surface area contributed by atoms with E-state index >= 15 is 0 Å². The van der Waals surface area contributed by atoms with Crippen LogP contribution in [0, 0.1) is 6.92 Å². The summed E-state index contributed by atoms with van der Waals surface area (Å²) in [6.45, 7) is 3.89. The second kappa shape index (κ2) is 12.0. The summed E-state index contributed by atoms with van der Waals surface area (Å²) in [6.07, 6.45) is 3.84. The van der Waals surface area contributed by atoms with Gasteiger partial charge >= 0.3 is 6.09 Å². The third-order valence-electron chi connectivity index (χ3n) is 6.06. The molecule has 35 heavy (non-hydrogen) atoms. The molecule has 1 atom stereocenters. The van der Waals surface area contributed by atoms with Crippen molar-refractivity contribution in [2.45, 2.75) is 32.1 Å². The zero-order valence-electron chi connectivity index (χ0n) is 20.0. The van der Waals surface area contributed by atoms with Gasteiger partial charge in [0.15, 0.2) is 0 Å². The first kappa shape index (κ1) is 24.3. The average molecular weight is 474 g/mol. The smallest absolute Gasteiger partial charge is 0.410 e. The van der Waals surface area contributed by atoms with E-state index in [1.54, 1.807) is 23.2 Å². The van der Waals surface area contributed by atoms with E-state index in [4.69, 9.17) is 9.47 Å². The van der Waals surface area contributed by atoms with Crippen LogP contribution < -0.4 is 10.1 Å². The molecule has 0 radical (unpaired) electrons. The maximum Gasteiger partial charge on any atom is 0.410 e. The molecular formula is C28H31N3O4. The van der Waals surface area contributed by atoms with Crippen LogP contribution in [-0.4, -0.2) is 48.2 Å². The first-order valence-corrected chi connectivity index (χ1v) is 12.0. The molecule has 2 heterocycles. The van der Waals surface area contributed by atoms with Gasteiger partial charge in [0.25, 0.3) is 0 Å². The Balaban J connectivity index is 1.31. The summed E-state index contributed by atoms with van der Waals surface area (Å²) in [5.41, 5.74) is 3.52. The van der Waals surface area contributed by atoms with Gasteiger partial charge in [0.05, 0.1) is 25.2 Å². The molecular weight excluding hydrogens is 442 g/mol. The molecule has 1 aliphatic rings.